The molecule has 1 N–H and O–H groups in total. The van der Waals surface area contributed by atoms with Crippen molar-refractivity contribution in [2.45, 2.75) is 0 Å². The summed E-state index contributed by atoms with van der Waals surface area (Å²) in [6.07, 6.45) is 3.62. The van der Waals surface area contributed by atoms with E-state index < -0.39 is 0 Å². The summed E-state index contributed by atoms with van der Waals surface area (Å²) in [6, 6.07) is 5.64. The Bertz CT molecular complexity index is 409. The molecular formula is C11H10BrClINO. The van der Waals surface area contributed by atoms with Crippen LogP contribution in [0.5, 0.6) is 0 Å². The van der Waals surface area contributed by atoms with Crippen molar-refractivity contribution in [2.75, 3.05) is 12.4 Å². The minimum absolute atomic E-state index is 0.0930. The summed E-state index contributed by atoms with van der Waals surface area (Å²) < 4.78 is 1.83. The van der Waals surface area contributed by atoms with Crippen LogP contribution in [-0.4, -0.2) is 18.3 Å². The molecule has 2 nitrogen and oxygen atoms in total. The average molecular weight is 414 g/mol. The van der Waals surface area contributed by atoms with Gasteiger partial charge in [0, 0.05) is 20.5 Å². The molecule has 0 unspecified atom stereocenters. The zero-order chi connectivity index (χ0) is 12.0. The quantitative estimate of drug-likeness (QED) is 0.456. The molecule has 1 aromatic carbocycles. The number of halogens is 3. The van der Waals surface area contributed by atoms with Crippen molar-refractivity contribution < 1.29 is 4.79 Å². The fraction of sp³-hybridized carbons (Fsp3) is 0.182. The standard InChI is InChI=1S/C11H10BrClINO/c12-10-4-3-8(14)7-9(10)11(16)15-6-2-1-5-13/h1-4,7H,5-6H2,(H,15,16)/b2-1+. The first-order valence-electron chi connectivity index (χ1n) is 4.59. The molecule has 0 saturated carbocycles. The number of carbonyl (C=O) groups excluding carboxylic acids is 1. The van der Waals surface area contributed by atoms with Gasteiger partial charge in [0.2, 0.25) is 0 Å². The van der Waals surface area contributed by atoms with E-state index in [-0.39, 0.29) is 5.91 Å². The SMILES string of the molecule is O=C(NC/C=C/CCl)c1cc(I)ccc1Br. The van der Waals surface area contributed by atoms with E-state index in [1.165, 1.54) is 0 Å². The fourth-order valence-corrected chi connectivity index (χ4v) is 2.11. The number of benzene rings is 1. The minimum Gasteiger partial charge on any atom is -0.349 e. The van der Waals surface area contributed by atoms with Crippen LogP contribution >= 0.6 is 50.1 Å². The highest BCUT2D eigenvalue weighted by Gasteiger charge is 2.08. The Morgan fingerprint density at radius 2 is 2.25 bits per heavy atom. The van der Waals surface area contributed by atoms with Crippen molar-refractivity contribution >= 4 is 56.0 Å². The summed E-state index contributed by atoms with van der Waals surface area (Å²) in [5.41, 5.74) is 0.645. The molecule has 0 aliphatic carbocycles. The molecule has 0 aromatic heterocycles. The van der Waals surface area contributed by atoms with Crippen molar-refractivity contribution in [3.05, 3.63) is 44.0 Å². The van der Waals surface area contributed by atoms with Gasteiger partial charge in [-0.25, -0.2) is 0 Å². The summed E-state index contributed by atoms with van der Waals surface area (Å²) in [4.78, 5) is 11.8. The summed E-state index contributed by atoms with van der Waals surface area (Å²) in [5, 5.41) is 2.78. The predicted octanol–water partition coefficient (Wildman–Crippen LogP) is 3.58. The average Bonchev–Trinajstić information content (AvgIpc) is 2.27. The third-order valence-electron chi connectivity index (χ3n) is 1.81. The highest BCUT2D eigenvalue weighted by atomic mass is 127. The van der Waals surface area contributed by atoms with Crippen LogP contribution in [0, 0.1) is 3.57 Å². The van der Waals surface area contributed by atoms with Gasteiger partial charge < -0.3 is 5.32 Å². The van der Waals surface area contributed by atoms with E-state index in [2.05, 4.69) is 43.8 Å². The lowest BCUT2D eigenvalue weighted by atomic mass is 10.2. The monoisotopic (exact) mass is 413 g/mol. The second-order valence-electron chi connectivity index (χ2n) is 2.96. The van der Waals surface area contributed by atoms with Gasteiger partial charge in [0.25, 0.3) is 5.91 Å². The molecular weight excluding hydrogens is 404 g/mol. The van der Waals surface area contributed by atoms with Gasteiger partial charge in [-0.15, -0.1) is 11.6 Å². The molecule has 0 atom stereocenters. The largest absolute Gasteiger partial charge is 0.349 e. The second-order valence-corrected chi connectivity index (χ2v) is 5.37. The molecule has 0 fully saturated rings. The Kier molecular flexibility index (Phi) is 6.38. The van der Waals surface area contributed by atoms with Crippen LogP contribution in [0.15, 0.2) is 34.8 Å². The smallest absolute Gasteiger partial charge is 0.252 e. The summed E-state index contributed by atoms with van der Waals surface area (Å²) >= 11 is 11.0. The number of hydrogen-bond donors (Lipinski definition) is 1. The Hall–Kier alpha value is -0.0700. The van der Waals surface area contributed by atoms with Crippen LogP contribution in [0.1, 0.15) is 10.4 Å². The summed E-state index contributed by atoms with van der Waals surface area (Å²) in [7, 11) is 0. The number of nitrogens with one attached hydrogen (secondary N) is 1. The maximum absolute atomic E-state index is 11.8. The predicted molar refractivity (Wildman–Crippen MR) is 79.1 cm³/mol. The first kappa shape index (κ1) is 14.0. The van der Waals surface area contributed by atoms with Gasteiger partial charge in [-0.1, -0.05) is 12.2 Å². The highest BCUT2D eigenvalue weighted by Crippen LogP contribution is 2.19. The van der Waals surface area contributed by atoms with Crippen LogP contribution in [0.4, 0.5) is 0 Å². The lowest BCUT2D eigenvalue weighted by Gasteiger charge is -2.05. The van der Waals surface area contributed by atoms with Crippen LogP contribution in [0.25, 0.3) is 0 Å². The maximum Gasteiger partial charge on any atom is 0.252 e. The minimum atomic E-state index is -0.0930. The van der Waals surface area contributed by atoms with Gasteiger partial charge in [-0.3, -0.25) is 4.79 Å². The Labute approximate surface area is 122 Å². The van der Waals surface area contributed by atoms with Crippen LogP contribution in [0.2, 0.25) is 0 Å². The zero-order valence-electron chi connectivity index (χ0n) is 8.34. The van der Waals surface area contributed by atoms with E-state index in [1.807, 2.05) is 24.3 Å². The number of amides is 1. The van der Waals surface area contributed by atoms with Crippen molar-refractivity contribution in [2.24, 2.45) is 0 Å². The van der Waals surface area contributed by atoms with Crippen molar-refractivity contribution in [3.63, 3.8) is 0 Å². The lowest BCUT2D eigenvalue weighted by Crippen LogP contribution is -2.23. The first-order chi connectivity index (χ1) is 7.65. The molecule has 0 bridgehead atoms. The number of carbonyl (C=O) groups is 1. The Balaban J connectivity index is 2.65. The third kappa shape index (κ3) is 4.43. The van der Waals surface area contributed by atoms with Crippen molar-refractivity contribution in [1.29, 1.82) is 0 Å². The molecule has 86 valence electrons. The highest BCUT2D eigenvalue weighted by molar-refractivity contribution is 14.1. The molecule has 0 aliphatic rings. The van der Waals surface area contributed by atoms with Crippen molar-refractivity contribution in [1.82, 2.24) is 5.32 Å². The third-order valence-corrected chi connectivity index (χ3v) is 3.35. The molecule has 1 rings (SSSR count). The van der Waals surface area contributed by atoms with E-state index in [4.69, 9.17) is 11.6 Å². The van der Waals surface area contributed by atoms with Gasteiger partial charge in [-0.05, 0) is 56.7 Å². The molecule has 0 heterocycles. The topological polar surface area (TPSA) is 29.1 Å². The fourth-order valence-electron chi connectivity index (χ4n) is 1.06. The molecule has 16 heavy (non-hydrogen) atoms. The number of rotatable bonds is 4. The number of alkyl halides is 1. The van der Waals surface area contributed by atoms with Gasteiger partial charge in [-0.2, -0.15) is 0 Å². The molecule has 0 saturated heterocycles. The Morgan fingerprint density at radius 3 is 2.94 bits per heavy atom. The van der Waals surface area contributed by atoms with Gasteiger partial charge in [0.1, 0.15) is 0 Å². The number of allylic oxidation sites excluding steroid dienone is 1. The first-order valence-corrected chi connectivity index (χ1v) is 7.00. The van der Waals surface area contributed by atoms with E-state index in [1.54, 1.807) is 6.08 Å². The maximum atomic E-state index is 11.8. The van der Waals surface area contributed by atoms with Gasteiger partial charge >= 0.3 is 0 Å². The van der Waals surface area contributed by atoms with Crippen LogP contribution < -0.4 is 5.32 Å². The summed E-state index contributed by atoms with van der Waals surface area (Å²) in [5.74, 6) is 0.368. The lowest BCUT2D eigenvalue weighted by molar-refractivity contribution is 0.0957. The molecule has 1 amide bonds. The van der Waals surface area contributed by atoms with E-state index in [9.17, 15) is 4.79 Å². The van der Waals surface area contributed by atoms with Crippen molar-refractivity contribution in [3.8, 4) is 0 Å². The van der Waals surface area contributed by atoms with Gasteiger partial charge in [0.15, 0.2) is 0 Å². The van der Waals surface area contributed by atoms with E-state index in [0.29, 0.717) is 18.0 Å². The summed E-state index contributed by atoms with van der Waals surface area (Å²) in [6.45, 7) is 0.490. The second kappa shape index (κ2) is 7.29. The Morgan fingerprint density at radius 1 is 1.50 bits per heavy atom. The van der Waals surface area contributed by atoms with Crippen LogP contribution in [0.3, 0.4) is 0 Å². The van der Waals surface area contributed by atoms with E-state index in [0.717, 1.165) is 8.04 Å². The van der Waals surface area contributed by atoms with Gasteiger partial charge in [0.05, 0.1) is 5.56 Å². The normalized spacial score (nSPS) is 10.7. The molecule has 0 radical (unpaired) electrons. The zero-order valence-corrected chi connectivity index (χ0v) is 12.8. The molecule has 0 aliphatic heterocycles. The molecule has 0 spiro atoms. The number of hydrogen-bond acceptors (Lipinski definition) is 1. The molecule has 1 aromatic rings. The molecule has 5 heteroatoms. The van der Waals surface area contributed by atoms with Crippen LogP contribution in [-0.2, 0) is 0 Å². The van der Waals surface area contributed by atoms with E-state index >= 15 is 0 Å².